The first-order chi connectivity index (χ1) is 9.74. The summed E-state index contributed by atoms with van der Waals surface area (Å²) in [6.07, 6.45) is 1.64. The van der Waals surface area contributed by atoms with Crippen LogP contribution in [0.4, 0.5) is 0 Å². The van der Waals surface area contributed by atoms with Crippen molar-refractivity contribution in [3.8, 4) is 5.75 Å². The number of rotatable bonds is 6. The molecular formula is C14H17N3O3. The number of hydrogen-bond acceptors (Lipinski definition) is 5. The third-order valence-corrected chi connectivity index (χ3v) is 2.88. The number of nitrogens with one attached hydrogen (secondary N) is 1. The number of hydrogen-bond donors (Lipinski definition) is 3. The summed E-state index contributed by atoms with van der Waals surface area (Å²) in [5.74, 6) is 1.67. The average Bonchev–Trinajstić information content (AvgIpc) is 2.99. The Morgan fingerprint density at radius 3 is 2.90 bits per heavy atom. The van der Waals surface area contributed by atoms with Gasteiger partial charge in [0.15, 0.2) is 5.84 Å². The van der Waals surface area contributed by atoms with E-state index >= 15 is 0 Å². The van der Waals surface area contributed by atoms with Crippen molar-refractivity contribution >= 4 is 5.84 Å². The van der Waals surface area contributed by atoms with Gasteiger partial charge in [0, 0.05) is 17.7 Å². The molecule has 0 spiro atoms. The van der Waals surface area contributed by atoms with E-state index in [9.17, 15) is 0 Å². The number of furan rings is 1. The van der Waals surface area contributed by atoms with Gasteiger partial charge in [0.05, 0.1) is 19.9 Å². The smallest absolute Gasteiger partial charge is 0.170 e. The van der Waals surface area contributed by atoms with Crippen LogP contribution in [0.5, 0.6) is 5.75 Å². The maximum atomic E-state index is 8.71. The molecule has 20 heavy (non-hydrogen) atoms. The van der Waals surface area contributed by atoms with Crippen molar-refractivity contribution < 1.29 is 14.4 Å². The van der Waals surface area contributed by atoms with Gasteiger partial charge < -0.3 is 25.4 Å². The summed E-state index contributed by atoms with van der Waals surface area (Å²) in [5.41, 5.74) is 7.15. The van der Waals surface area contributed by atoms with Crippen molar-refractivity contribution in [3.05, 3.63) is 53.5 Å². The standard InChI is InChI=1S/C14H17N3O3/c1-19-13-5-4-10(14(15)17-18)7-11(13)8-16-9-12-3-2-6-20-12/h2-7,16,18H,8-9H2,1H3,(H2,15,17). The van der Waals surface area contributed by atoms with Crippen LogP contribution in [-0.4, -0.2) is 18.2 Å². The van der Waals surface area contributed by atoms with Gasteiger partial charge in [-0.1, -0.05) is 5.16 Å². The largest absolute Gasteiger partial charge is 0.496 e. The summed E-state index contributed by atoms with van der Waals surface area (Å²) in [6, 6.07) is 9.10. The van der Waals surface area contributed by atoms with Crippen molar-refractivity contribution in [3.63, 3.8) is 0 Å². The second-order valence-electron chi connectivity index (χ2n) is 4.19. The zero-order chi connectivity index (χ0) is 14.4. The lowest BCUT2D eigenvalue weighted by molar-refractivity contribution is 0.318. The zero-order valence-electron chi connectivity index (χ0n) is 11.2. The summed E-state index contributed by atoms with van der Waals surface area (Å²) in [7, 11) is 1.61. The predicted octanol–water partition coefficient (Wildman–Crippen LogP) is 1.67. The third kappa shape index (κ3) is 3.30. The molecule has 0 aliphatic carbocycles. The summed E-state index contributed by atoms with van der Waals surface area (Å²) in [6.45, 7) is 1.19. The molecule has 2 rings (SSSR count). The first kappa shape index (κ1) is 14.0. The van der Waals surface area contributed by atoms with Crippen LogP contribution in [0.25, 0.3) is 0 Å². The highest BCUT2D eigenvalue weighted by molar-refractivity contribution is 5.97. The van der Waals surface area contributed by atoms with E-state index in [0.717, 1.165) is 17.1 Å². The summed E-state index contributed by atoms with van der Waals surface area (Å²) >= 11 is 0. The molecule has 0 amide bonds. The molecule has 0 fully saturated rings. The van der Waals surface area contributed by atoms with E-state index in [0.29, 0.717) is 18.7 Å². The lowest BCUT2D eigenvalue weighted by Gasteiger charge is -2.11. The molecule has 0 saturated carbocycles. The molecule has 1 heterocycles. The van der Waals surface area contributed by atoms with E-state index in [2.05, 4.69) is 10.5 Å². The Labute approximate surface area is 116 Å². The number of amidine groups is 1. The molecule has 106 valence electrons. The molecule has 0 bridgehead atoms. The summed E-state index contributed by atoms with van der Waals surface area (Å²) < 4.78 is 10.5. The SMILES string of the molecule is COc1ccc(/C(N)=N/O)cc1CNCc1ccco1. The van der Waals surface area contributed by atoms with Crippen molar-refractivity contribution in [2.24, 2.45) is 10.9 Å². The molecule has 2 aromatic rings. The van der Waals surface area contributed by atoms with Crippen LogP contribution in [0.2, 0.25) is 0 Å². The Hall–Kier alpha value is -2.47. The number of benzene rings is 1. The number of nitrogens with zero attached hydrogens (tertiary/aromatic N) is 1. The number of methoxy groups -OCH3 is 1. The number of nitrogens with two attached hydrogens (primary N) is 1. The normalized spacial score (nSPS) is 11.6. The zero-order valence-corrected chi connectivity index (χ0v) is 11.2. The minimum absolute atomic E-state index is 0.0694. The van der Waals surface area contributed by atoms with Gasteiger partial charge in [-0.25, -0.2) is 0 Å². The number of oxime groups is 1. The van der Waals surface area contributed by atoms with Crippen LogP contribution in [0.1, 0.15) is 16.9 Å². The molecule has 1 aromatic carbocycles. The Morgan fingerprint density at radius 2 is 2.25 bits per heavy atom. The monoisotopic (exact) mass is 275 g/mol. The minimum Gasteiger partial charge on any atom is -0.496 e. The maximum Gasteiger partial charge on any atom is 0.170 e. The molecule has 0 aliphatic rings. The Morgan fingerprint density at radius 1 is 1.40 bits per heavy atom. The van der Waals surface area contributed by atoms with Crippen LogP contribution in [0.3, 0.4) is 0 Å². The van der Waals surface area contributed by atoms with E-state index in [1.807, 2.05) is 18.2 Å². The quantitative estimate of drug-likeness (QED) is 0.323. The van der Waals surface area contributed by atoms with Gasteiger partial charge in [0.25, 0.3) is 0 Å². The lowest BCUT2D eigenvalue weighted by Crippen LogP contribution is -2.16. The minimum atomic E-state index is 0.0694. The number of ether oxygens (including phenoxy) is 1. The molecule has 1 aromatic heterocycles. The van der Waals surface area contributed by atoms with Crippen molar-refractivity contribution in [2.45, 2.75) is 13.1 Å². The van der Waals surface area contributed by atoms with E-state index in [-0.39, 0.29) is 5.84 Å². The second kappa shape index (κ2) is 6.63. The molecule has 6 heteroatoms. The van der Waals surface area contributed by atoms with Gasteiger partial charge in [-0.2, -0.15) is 0 Å². The third-order valence-electron chi connectivity index (χ3n) is 2.88. The van der Waals surface area contributed by atoms with Crippen molar-refractivity contribution in [2.75, 3.05) is 7.11 Å². The molecule has 0 radical (unpaired) electrons. The van der Waals surface area contributed by atoms with E-state index < -0.39 is 0 Å². The van der Waals surface area contributed by atoms with Crippen LogP contribution >= 0.6 is 0 Å². The second-order valence-corrected chi connectivity index (χ2v) is 4.19. The first-order valence-corrected chi connectivity index (χ1v) is 6.12. The van der Waals surface area contributed by atoms with Crippen molar-refractivity contribution in [1.29, 1.82) is 0 Å². The summed E-state index contributed by atoms with van der Waals surface area (Å²) in [5, 5.41) is 15.0. The molecule has 4 N–H and O–H groups in total. The highest BCUT2D eigenvalue weighted by Crippen LogP contribution is 2.20. The van der Waals surface area contributed by atoms with Crippen molar-refractivity contribution in [1.82, 2.24) is 5.32 Å². The fourth-order valence-electron chi connectivity index (χ4n) is 1.87. The average molecular weight is 275 g/mol. The predicted molar refractivity (Wildman–Crippen MR) is 74.8 cm³/mol. The maximum absolute atomic E-state index is 8.71. The first-order valence-electron chi connectivity index (χ1n) is 6.12. The molecule has 0 aliphatic heterocycles. The molecule has 6 nitrogen and oxygen atoms in total. The Kier molecular flexibility index (Phi) is 4.62. The molecule has 0 unspecified atom stereocenters. The van der Waals surface area contributed by atoms with Crippen LogP contribution in [0.15, 0.2) is 46.2 Å². The Balaban J connectivity index is 2.08. The van der Waals surface area contributed by atoms with Gasteiger partial charge in [-0.05, 0) is 30.3 Å². The Bertz CT molecular complexity index is 579. The molecule has 0 saturated heterocycles. The van der Waals surface area contributed by atoms with Crippen LogP contribution in [-0.2, 0) is 13.1 Å². The fourth-order valence-corrected chi connectivity index (χ4v) is 1.87. The lowest BCUT2D eigenvalue weighted by atomic mass is 10.1. The van der Waals surface area contributed by atoms with Crippen LogP contribution < -0.4 is 15.8 Å². The van der Waals surface area contributed by atoms with Gasteiger partial charge in [-0.3, -0.25) is 0 Å². The van der Waals surface area contributed by atoms with Gasteiger partial charge >= 0.3 is 0 Å². The van der Waals surface area contributed by atoms with Gasteiger partial charge in [0.2, 0.25) is 0 Å². The highest BCUT2D eigenvalue weighted by Gasteiger charge is 2.07. The van der Waals surface area contributed by atoms with Gasteiger partial charge in [0.1, 0.15) is 11.5 Å². The van der Waals surface area contributed by atoms with Gasteiger partial charge in [-0.15, -0.1) is 0 Å². The van der Waals surface area contributed by atoms with E-state index in [4.69, 9.17) is 20.1 Å². The molecular weight excluding hydrogens is 258 g/mol. The van der Waals surface area contributed by atoms with E-state index in [1.165, 1.54) is 0 Å². The fraction of sp³-hybridized carbons (Fsp3) is 0.214. The summed E-state index contributed by atoms with van der Waals surface area (Å²) in [4.78, 5) is 0. The topological polar surface area (TPSA) is 93.0 Å². The molecule has 0 atom stereocenters. The highest BCUT2D eigenvalue weighted by atomic mass is 16.5. The van der Waals surface area contributed by atoms with E-state index in [1.54, 1.807) is 25.5 Å². The van der Waals surface area contributed by atoms with Crippen LogP contribution in [0, 0.1) is 0 Å².